The van der Waals surface area contributed by atoms with Crippen LogP contribution in [0.4, 0.5) is 0 Å². The maximum atomic E-state index is 6.12. The van der Waals surface area contributed by atoms with Crippen LogP contribution in [0, 0.1) is 12.8 Å². The molecule has 0 bridgehead atoms. The molecule has 6 nitrogen and oxygen atoms in total. The zero-order valence-corrected chi connectivity index (χ0v) is 20.4. The van der Waals surface area contributed by atoms with Crippen molar-refractivity contribution in [3.05, 3.63) is 35.4 Å². The Labute approximate surface area is 193 Å². The van der Waals surface area contributed by atoms with Crippen LogP contribution in [0.25, 0.3) is 0 Å². The number of benzene rings is 1. The first-order chi connectivity index (χ1) is 13.7. The van der Waals surface area contributed by atoms with Gasteiger partial charge in [0.25, 0.3) is 0 Å². The fourth-order valence-electron chi connectivity index (χ4n) is 3.33. The van der Waals surface area contributed by atoms with Crippen molar-refractivity contribution < 1.29 is 14.2 Å². The average molecular weight is 519 g/mol. The minimum Gasteiger partial charge on any atom is -0.382 e. The highest BCUT2D eigenvalue weighted by Gasteiger charge is 2.27. The summed E-state index contributed by atoms with van der Waals surface area (Å²) in [4.78, 5) is 4.83. The van der Waals surface area contributed by atoms with Crippen LogP contribution in [0.5, 0.6) is 0 Å². The Balaban J connectivity index is 0.00000420. The summed E-state index contributed by atoms with van der Waals surface area (Å²) in [7, 11) is 1.69. The van der Waals surface area contributed by atoms with Gasteiger partial charge in [0.15, 0.2) is 5.96 Å². The Hall–Kier alpha value is -0.900. The summed E-state index contributed by atoms with van der Waals surface area (Å²) >= 11 is 0. The Kier molecular flexibility index (Phi) is 14.3. The zero-order valence-electron chi connectivity index (χ0n) is 18.1. The van der Waals surface area contributed by atoms with E-state index in [-0.39, 0.29) is 30.1 Å². The number of rotatable bonds is 11. The van der Waals surface area contributed by atoms with E-state index in [4.69, 9.17) is 19.2 Å². The van der Waals surface area contributed by atoms with Crippen molar-refractivity contribution in [2.45, 2.75) is 39.2 Å². The van der Waals surface area contributed by atoms with Gasteiger partial charge in [0.2, 0.25) is 0 Å². The molecule has 0 saturated carbocycles. The molecule has 1 aliphatic rings. The molecule has 166 valence electrons. The van der Waals surface area contributed by atoms with Crippen LogP contribution < -0.4 is 10.6 Å². The number of nitrogens with one attached hydrogen (secondary N) is 2. The van der Waals surface area contributed by atoms with Crippen molar-refractivity contribution in [3.63, 3.8) is 0 Å². The second-order valence-electron chi connectivity index (χ2n) is 7.21. The van der Waals surface area contributed by atoms with E-state index in [1.807, 2.05) is 0 Å². The highest BCUT2D eigenvalue weighted by atomic mass is 127. The molecule has 1 heterocycles. The van der Waals surface area contributed by atoms with Crippen LogP contribution in [-0.4, -0.2) is 59.1 Å². The third-order valence-corrected chi connectivity index (χ3v) is 4.87. The number of aryl methyl sites for hydroxylation is 1. The van der Waals surface area contributed by atoms with Gasteiger partial charge in [0.05, 0.1) is 19.3 Å². The van der Waals surface area contributed by atoms with Gasteiger partial charge in [-0.3, -0.25) is 4.99 Å². The molecular formula is C22H38IN3O3. The summed E-state index contributed by atoms with van der Waals surface area (Å²) in [6, 6.07) is 8.70. The van der Waals surface area contributed by atoms with Crippen molar-refractivity contribution in [1.82, 2.24) is 10.6 Å². The number of ether oxygens (including phenoxy) is 3. The molecule has 0 amide bonds. The smallest absolute Gasteiger partial charge is 0.191 e. The number of hydrogen-bond acceptors (Lipinski definition) is 4. The summed E-state index contributed by atoms with van der Waals surface area (Å²) in [6.07, 6.45) is 3.32. The largest absolute Gasteiger partial charge is 0.382 e. The Morgan fingerprint density at radius 1 is 1.17 bits per heavy atom. The van der Waals surface area contributed by atoms with Gasteiger partial charge in [-0.15, -0.1) is 24.0 Å². The second kappa shape index (κ2) is 15.9. The first-order valence-corrected chi connectivity index (χ1v) is 10.5. The van der Waals surface area contributed by atoms with Gasteiger partial charge < -0.3 is 24.8 Å². The maximum absolute atomic E-state index is 6.12. The molecule has 1 aromatic carbocycles. The molecule has 1 fully saturated rings. The number of hydrogen-bond donors (Lipinski definition) is 2. The Morgan fingerprint density at radius 2 is 1.97 bits per heavy atom. The maximum Gasteiger partial charge on any atom is 0.191 e. The van der Waals surface area contributed by atoms with E-state index >= 15 is 0 Å². The lowest BCUT2D eigenvalue weighted by Gasteiger charge is -2.31. The van der Waals surface area contributed by atoms with Crippen LogP contribution >= 0.6 is 24.0 Å². The van der Waals surface area contributed by atoms with Gasteiger partial charge in [0, 0.05) is 45.9 Å². The molecule has 2 N–H and O–H groups in total. The molecule has 0 radical (unpaired) electrons. The topological polar surface area (TPSA) is 64.1 Å². The lowest BCUT2D eigenvalue weighted by Crippen LogP contribution is -2.39. The average Bonchev–Trinajstić information content (AvgIpc) is 2.72. The first kappa shape index (κ1) is 26.1. The van der Waals surface area contributed by atoms with E-state index in [0.29, 0.717) is 19.1 Å². The zero-order chi connectivity index (χ0) is 20.0. The first-order valence-electron chi connectivity index (χ1n) is 10.5. The van der Waals surface area contributed by atoms with Crippen molar-refractivity contribution in [2.24, 2.45) is 10.9 Å². The fraction of sp³-hybridized carbons (Fsp3) is 0.682. The van der Waals surface area contributed by atoms with Crippen LogP contribution in [0.3, 0.4) is 0 Å². The third-order valence-electron chi connectivity index (χ3n) is 4.87. The van der Waals surface area contributed by atoms with Gasteiger partial charge in [-0.05, 0) is 38.7 Å². The minimum absolute atomic E-state index is 0. The van der Waals surface area contributed by atoms with Gasteiger partial charge in [-0.1, -0.05) is 29.8 Å². The van der Waals surface area contributed by atoms with Crippen LogP contribution in [0.1, 0.15) is 43.4 Å². The molecule has 1 aromatic rings. The number of methoxy groups -OCH3 is 1. The Morgan fingerprint density at radius 3 is 2.69 bits per heavy atom. The molecular weight excluding hydrogens is 481 g/mol. The monoisotopic (exact) mass is 519 g/mol. The van der Waals surface area contributed by atoms with Gasteiger partial charge in [-0.25, -0.2) is 0 Å². The summed E-state index contributed by atoms with van der Waals surface area (Å²) in [6.45, 7) is 9.49. The predicted molar refractivity (Wildman–Crippen MR) is 129 cm³/mol. The lowest BCUT2D eigenvalue weighted by molar-refractivity contribution is -0.0250. The van der Waals surface area contributed by atoms with E-state index in [1.165, 1.54) is 11.1 Å². The van der Waals surface area contributed by atoms with Crippen LogP contribution in [-0.2, 0) is 14.2 Å². The van der Waals surface area contributed by atoms with Gasteiger partial charge in [-0.2, -0.15) is 0 Å². The highest BCUT2D eigenvalue weighted by molar-refractivity contribution is 14.0. The van der Waals surface area contributed by atoms with Crippen molar-refractivity contribution in [1.29, 1.82) is 0 Å². The molecule has 0 aromatic heterocycles. The van der Waals surface area contributed by atoms with Crippen molar-refractivity contribution >= 4 is 29.9 Å². The lowest BCUT2D eigenvalue weighted by atomic mass is 9.89. The standard InChI is InChI=1S/C22H37N3O3.HI/c1-4-23-22(24-12-6-13-27-16-15-26-3)25-17-20-7-5-14-28-21(20)19-10-8-18(2)9-11-19;/h8-11,20-21H,4-7,12-17H2,1-3H3,(H2,23,24,25);1H. The SMILES string of the molecule is CCNC(=NCC1CCCOC1c1ccc(C)cc1)NCCCOCCOC.I. The van der Waals surface area contributed by atoms with E-state index in [1.54, 1.807) is 7.11 Å². The number of guanidine groups is 1. The second-order valence-corrected chi connectivity index (χ2v) is 7.21. The van der Waals surface area contributed by atoms with E-state index in [2.05, 4.69) is 48.7 Å². The van der Waals surface area contributed by atoms with Gasteiger partial charge in [0.1, 0.15) is 0 Å². The Bertz CT molecular complexity index is 569. The summed E-state index contributed by atoms with van der Waals surface area (Å²) in [5.74, 6) is 1.27. The summed E-state index contributed by atoms with van der Waals surface area (Å²) in [5, 5.41) is 6.73. The summed E-state index contributed by atoms with van der Waals surface area (Å²) in [5.41, 5.74) is 2.54. The van der Waals surface area contributed by atoms with Crippen LogP contribution in [0.15, 0.2) is 29.3 Å². The highest BCUT2D eigenvalue weighted by Crippen LogP contribution is 2.33. The van der Waals surface area contributed by atoms with Crippen molar-refractivity contribution in [3.8, 4) is 0 Å². The van der Waals surface area contributed by atoms with Crippen LogP contribution in [0.2, 0.25) is 0 Å². The molecule has 0 spiro atoms. The molecule has 1 aliphatic heterocycles. The molecule has 1 saturated heterocycles. The third kappa shape index (κ3) is 10.1. The van der Waals surface area contributed by atoms with Crippen molar-refractivity contribution in [2.75, 3.05) is 53.2 Å². The van der Waals surface area contributed by atoms with E-state index in [9.17, 15) is 0 Å². The van der Waals surface area contributed by atoms with E-state index in [0.717, 1.165) is 58.1 Å². The minimum atomic E-state index is 0. The molecule has 29 heavy (non-hydrogen) atoms. The molecule has 2 unspecified atom stereocenters. The summed E-state index contributed by atoms with van der Waals surface area (Å²) < 4.78 is 16.6. The predicted octanol–water partition coefficient (Wildman–Crippen LogP) is 3.69. The molecule has 2 atom stereocenters. The number of halogens is 1. The quantitative estimate of drug-likeness (QED) is 0.202. The fourth-order valence-corrected chi connectivity index (χ4v) is 3.33. The van der Waals surface area contributed by atoms with E-state index < -0.39 is 0 Å². The normalized spacial score (nSPS) is 19.5. The molecule has 2 rings (SSSR count). The number of nitrogens with zero attached hydrogens (tertiary/aromatic N) is 1. The number of aliphatic imine (C=N–C) groups is 1. The molecule has 0 aliphatic carbocycles. The van der Waals surface area contributed by atoms with Gasteiger partial charge >= 0.3 is 0 Å². The molecule has 7 heteroatoms.